The third kappa shape index (κ3) is 3.31. The smallest absolute Gasteiger partial charge is 0.253 e. The first-order valence-corrected chi connectivity index (χ1v) is 8.23. The molecule has 0 radical (unpaired) electrons. The zero-order valence-electron chi connectivity index (χ0n) is 14.9. The van der Waals surface area contributed by atoms with E-state index in [0.29, 0.717) is 29.4 Å². The van der Waals surface area contributed by atoms with E-state index in [1.54, 1.807) is 48.0 Å². The summed E-state index contributed by atoms with van der Waals surface area (Å²) in [5.41, 5.74) is 3.19. The second-order valence-corrected chi connectivity index (χ2v) is 5.93. The maximum Gasteiger partial charge on any atom is 0.253 e. The third-order valence-electron chi connectivity index (χ3n) is 4.25. The predicted molar refractivity (Wildman–Crippen MR) is 97.2 cm³/mol. The fourth-order valence-corrected chi connectivity index (χ4v) is 3.01. The van der Waals surface area contributed by atoms with Crippen molar-refractivity contribution < 1.29 is 13.9 Å². The van der Waals surface area contributed by atoms with Gasteiger partial charge in [0.15, 0.2) is 0 Å². The molecule has 1 amide bonds. The first kappa shape index (κ1) is 17.7. The number of nitrogens with zero attached hydrogens (tertiary/aromatic N) is 2. The van der Waals surface area contributed by atoms with E-state index in [2.05, 4.69) is 10.3 Å². The Balaban J connectivity index is 1.85. The molecule has 6 heteroatoms. The van der Waals surface area contributed by atoms with Crippen molar-refractivity contribution in [2.75, 3.05) is 7.11 Å². The quantitative estimate of drug-likeness (QED) is 0.763. The van der Waals surface area contributed by atoms with E-state index in [4.69, 9.17) is 4.74 Å². The van der Waals surface area contributed by atoms with Crippen LogP contribution in [0.1, 0.15) is 27.3 Å². The molecular formula is C20H20FN3O2. The van der Waals surface area contributed by atoms with Gasteiger partial charge in [0.05, 0.1) is 18.4 Å². The minimum absolute atomic E-state index is 0.230. The number of hydrogen-bond donors (Lipinski definition) is 1. The van der Waals surface area contributed by atoms with E-state index in [-0.39, 0.29) is 11.7 Å². The van der Waals surface area contributed by atoms with Gasteiger partial charge in [-0.3, -0.25) is 4.79 Å². The molecule has 0 bridgehead atoms. The Morgan fingerprint density at radius 1 is 1.23 bits per heavy atom. The Morgan fingerprint density at radius 3 is 2.73 bits per heavy atom. The number of carbonyl (C=O) groups excluding carboxylic acids is 1. The molecule has 26 heavy (non-hydrogen) atoms. The molecule has 2 aromatic heterocycles. The molecule has 134 valence electrons. The molecule has 0 atom stereocenters. The molecular weight excluding hydrogens is 333 g/mol. The Bertz CT molecular complexity index is 950. The number of aromatic nitrogens is 2. The Kier molecular flexibility index (Phi) is 5.02. The predicted octanol–water partition coefficient (Wildman–Crippen LogP) is 3.57. The van der Waals surface area contributed by atoms with Gasteiger partial charge in [-0.1, -0.05) is 18.2 Å². The van der Waals surface area contributed by atoms with Gasteiger partial charge < -0.3 is 14.6 Å². The average Bonchev–Trinajstić information content (AvgIpc) is 2.95. The Hall–Kier alpha value is -3.15. The normalized spacial score (nSPS) is 10.6. The number of nitrogens with one attached hydrogen (secondary N) is 1. The summed E-state index contributed by atoms with van der Waals surface area (Å²) in [7, 11) is 1.54. The van der Waals surface area contributed by atoms with Crippen molar-refractivity contribution in [3.63, 3.8) is 0 Å². The van der Waals surface area contributed by atoms with Crippen LogP contribution in [0.3, 0.4) is 0 Å². The molecule has 3 aromatic rings. The van der Waals surface area contributed by atoms with Crippen molar-refractivity contribution in [2.45, 2.75) is 20.4 Å². The minimum atomic E-state index is -0.332. The van der Waals surface area contributed by atoms with Gasteiger partial charge in [0, 0.05) is 29.7 Å². The summed E-state index contributed by atoms with van der Waals surface area (Å²) in [4.78, 5) is 16.8. The Labute approximate surface area is 151 Å². The van der Waals surface area contributed by atoms with Crippen LogP contribution in [-0.2, 0) is 6.54 Å². The second-order valence-electron chi connectivity index (χ2n) is 5.93. The zero-order chi connectivity index (χ0) is 18.7. The molecule has 0 saturated carbocycles. The van der Waals surface area contributed by atoms with Crippen molar-refractivity contribution in [3.05, 3.63) is 77.0 Å². The SMILES string of the molecule is COc1ncccc1CNC(=O)c1cc(C)n(-c2ccccc2F)c1C. The number of para-hydroxylation sites is 1. The number of carbonyl (C=O) groups is 1. The summed E-state index contributed by atoms with van der Waals surface area (Å²) in [6.07, 6.45) is 1.63. The van der Waals surface area contributed by atoms with Gasteiger partial charge in [0.1, 0.15) is 5.82 Å². The zero-order valence-corrected chi connectivity index (χ0v) is 14.9. The second kappa shape index (κ2) is 7.39. The molecule has 0 unspecified atom stereocenters. The van der Waals surface area contributed by atoms with Crippen molar-refractivity contribution >= 4 is 5.91 Å². The average molecular weight is 353 g/mol. The number of hydrogen-bond acceptors (Lipinski definition) is 3. The van der Waals surface area contributed by atoms with Crippen molar-refractivity contribution in [1.29, 1.82) is 0 Å². The monoisotopic (exact) mass is 353 g/mol. The lowest BCUT2D eigenvalue weighted by molar-refractivity contribution is 0.0950. The van der Waals surface area contributed by atoms with Crippen molar-refractivity contribution in [3.8, 4) is 11.6 Å². The minimum Gasteiger partial charge on any atom is -0.481 e. The standard InChI is InChI=1S/C20H20FN3O2/c1-13-11-16(14(2)24(13)18-9-5-4-8-17(18)21)19(25)23-12-15-7-6-10-22-20(15)26-3/h4-11H,12H2,1-3H3,(H,23,25). The largest absolute Gasteiger partial charge is 0.481 e. The van der Waals surface area contributed by atoms with Crippen LogP contribution in [0.4, 0.5) is 4.39 Å². The van der Waals surface area contributed by atoms with E-state index in [1.807, 2.05) is 13.0 Å². The first-order valence-electron chi connectivity index (χ1n) is 8.23. The number of halogens is 1. The summed E-state index contributed by atoms with van der Waals surface area (Å²) < 4.78 is 21.1. The number of aryl methyl sites for hydroxylation is 1. The molecule has 5 nitrogen and oxygen atoms in total. The molecule has 0 saturated heterocycles. The van der Waals surface area contributed by atoms with Gasteiger partial charge in [-0.15, -0.1) is 0 Å². The highest BCUT2D eigenvalue weighted by Crippen LogP contribution is 2.23. The van der Waals surface area contributed by atoms with E-state index < -0.39 is 0 Å². The van der Waals surface area contributed by atoms with Crippen LogP contribution in [0.5, 0.6) is 5.88 Å². The molecule has 0 fully saturated rings. The number of rotatable bonds is 5. The van der Waals surface area contributed by atoms with Gasteiger partial charge in [0.2, 0.25) is 5.88 Å². The molecule has 0 spiro atoms. The van der Waals surface area contributed by atoms with Crippen LogP contribution in [0.15, 0.2) is 48.7 Å². The number of methoxy groups -OCH3 is 1. The molecule has 1 aromatic carbocycles. The van der Waals surface area contributed by atoms with Gasteiger partial charge in [0.25, 0.3) is 5.91 Å². The number of benzene rings is 1. The number of amides is 1. The summed E-state index contributed by atoms with van der Waals surface area (Å²) in [6.45, 7) is 3.94. The summed E-state index contributed by atoms with van der Waals surface area (Å²) in [5, 5.41) is 2.87. The van der Waals surface area contributed by atoms with Gasteiger partial charge in [-0.2, -0.15) is 0 Å². The maximum atomic E-state index is 14.2. The van der Waals surface area contributed by atoms with Crippen LogP contribution in [-0.4, -0.2) is 22.6 Å². The molecule has 1 N–H and O–H groups in total. The fourth-order valence-electron chi connectivity index (χ4n) is 3.01. The van der Waals surface area contributed by atoms with Crippen LogP contribution in [0, 0.1) is 19.7 Å². The topological polar surface area (TPSA) is 56.1 Å². The molecule has 3 rings (SSSR count). The molecule has 2 heterocycles. The highest BCUT2D eigenvalue weighted by Gasteiger charge is 2.18. The Morgan fingerprint density at radius 2 is 2.00 bits per heavy atom. The number of ether oxygens (including phenoxy) is 1. The van der Waals surface area contributed by atoms with E-state index in [0.717, 1.165) is 11.3 Å². The summed E-state index contributed by atoms with van der Waals surface area (Å²) in [5.74, 6) is -0.0856. The van der Waals surface area contributed by atoms with Gasteiger partial charge >= 0.3 is 0 Å². The highest BCUT2D eigenvalue weighted by molar-refractivity contribution is 5.95. The van der Waals surface area contributed by atoms with Crippen molar-refractivity contribution in [1.82, 2.24) is 14.9 Å². The van der Waals surface area contributed by atoms with E-state index in [1.165, 1.54) is 13.2 Å². The summed E-state index contributed by atoms with van der Waals surface area (Å²) in [6, 6.07) is 11.9. The summed E-state index contributed by atoms with van der Waals surface area (Å²) >= 11 is 0. The van der Waals surface area contributed by atoms with E-state index in [9.17, 15) is 9.18 Å². The van der Waals surface area contributed by atoms with Gasteiger partial charge in [-0.05, 0) is 38.1 Å². The molecule has 0 aliphatic carbocycles. The third-order valence-corrected chi connectivity index (χ3v) is 4.25. The molecule has 0 aliphatic rings. The van der Waals surface area contributed by atoms with E-state index >= 15 is 0 Å². The lowest BCUT2D eigenvalue weighted by Gasteiger charge is -2.11. The highest BCUT2D eigenvalue weighted by atomic mass is 19.1. The first-order chi connectivity index (χ1) is 12.5. The van der Waals surface area contributed by atoms with Gasteiger partial charge in [-0.25, -0.2) is 9.37 Å². The maximum absolute atomic E-state index is 14.2. The fraction of sp³-hybridized carbons (Fsp3) is 0.200. The van der Waals surface area contributed by atoms with Crippen LogP contribution in [0.25, 0.3) is 5.69 Å². The lowest BCUT2D eigenvalue weighted by Crippen LogP contribution is -2.23. The van der Waals surface area contributed by atoms with Crippen LogP contribution in [0.2, 0.25) is 0 Å². The van der Waals surface area contributed by atoms with Crippen LogP contribution < -0.4 is 10.1 Å². The van der Waals surface area contributed by atoms with Crippen LogP contribution >= 0.6 is 0 Å². The lowest BCUT2D eigenvalue weighted by atomic mass is 10.2. The number of pyridine rings is 1. The molecule has 0 aliphatic heterocycles. The van der Waals surface area contributed by atoms with Crippen molar-refractivity contribution in [2.24, 2.45) is 0 Å².